The molecule has 1 aliphatic rings. The monoisotopic (exact) mass is 604 g/mol. The summed E-state index contributed by atoms with van der Waals surface area (Å²) in [5.74, 6) is -5.73. The number of nitrogens with zero attached hydrogens (tertiary/aromatic N) is 4. The molecule has 0 saturated heterocycles. The number of para-hydroxylation sites is 1. The molecule has 2 aromatic heterocycles. The number of fused-ring (bicyclic) bond motifs is 1. The highest BCUT2D eigenvalue weighted by Crippen LogP contribution is 2.36. The molecule has 4 aromatic rings. The number of carbonyl (C=O) groups is 3. The van der Waals surface area contributed by atoms with Crippen LogP contribution in [-0.2, 0) is 14.4 Å². The van der Waals surface area contributed by atoms with Gasteiger partial charge in [0.15, 0.2) is 0 Å². The third kappa shape index (κ3) is 6.36. The van der Waals surface area contributed by atoms with Gasteiger partial charge in [0.25, 0.3) is 5.91 Å². The summed E-state index contributed by atoms with van der Waals surface area (Å²) >= 11 is 0. The number of hydrogen-bond acceptors (Lipinski definition) is 7. The molecule has 0 fully saturated rings. The molecule has 5 rings (SSSR count). The average Bonchev–Trinajstić information content (AvgIpc) is 3.37. The zero-order chi connectivity index (χ0) is 31.4. The van der Waals surface area contributed by atoms with Crippen LogP contribution in [0.2, 0.25) is 0 Å². The third-order valence-corrected chi connectivity index (χ3v) is 7.22. The minimum Gasteiger partial charge on any atom is -0.369 e. The number of anilines is 2. The molecule has 0 aliphatic carbocycles. The fourth-order valence-electron chi connectivity index (χ4n) is 5.18. The lowest BCUT2D eigenvalue weighted by molar-refractivity contribution is -0.144. The molecule has 13 heteroatoms. The van der Waals surface area contributed by atoms with E-state index in [1.54, 1.807) is 72.8 Å². The predicted octanol–water partition coefficient (Wildman–Crippen LogP) is 4.56. The number of nitrogens with one attached hydrogen (secondary N) is 1. The van der Waals surface area contributed by atoms with Crippen LogP contribution in [0.3, 0.4) is 0 Å². The number of carbonyl (C=O) groups excluding carboxylic acids is 3. The van der Waals surface area contributed by atoms with Gasteiger partial charge in [0.2, 0.25) is 18.0 Å². The number of hydrogen-bond donors (Lipinski definition) is 2. The fourth-order valence-corrected chi connectivity index (χ4v) is 5.18. The Balaban J connectivity index is 1.61. The van der Waals surface area contributed by atoms with E-state index in [4.69, 9.17) is 10.3 Å². The number of benzene rings is 2. The Morgan fingerprint density at radius 1 is 1.05 bits per heavy atom. The number of halogens is 3. The van der Waals surface area contributed by atoms with Crippen LogP contribution in [0.15, 0.2) is 94.8 Å². The van der Waals surface area contributed by atoms with E-state index >= 15 is 0 Å². The Hall–Kier alpha value is -5.33. The van der Waals surface area contributed by atoms with E-state index in [0.29, 0.717) is 22.5 Å². The van der Waals surface area contributed by atoms with Gasteiger partial charge in [-0.3, -0.25) is 19.3 Å². The maximum atomic E-state index is 14.2. The van der Waals surface area contributed by atoms with Gasteiger partial charge in [-0.2, -0.15) is 13.2 Å². The van der Waals surface area contributed by atoms with Gasteiger partial charge < -0.3 is 15.6 Å². The first-order chi connectivity index (χ1) is 21.0. The number of aliphatic imine (C=N–C) groups is 1. The van der Waals surface area contributed by atoms with Crippen molar-refractivity contribution in [3.8, 4) is 0 Å². The molecule has 0 unspecified atom stereocenters. The van der Waals surface area contributed by atoms with Crippen molar-refractivity contribution in [2.45, 2.75) is 38.0 Å². The zero-order valence-electron chi connectivity index (χ0n) is 23.4. The molecule has 3 atom stereocenters. The SMILES string of the molecule is Cc1nocc1[C@H](C(N)=O)[C@@H](CCC(F)(F)F)C(=O)N[C@H]1N=C(c2ccccc2)c2ccccc2N(c2ccccn2)C1=O. The van der Waals surface area contributed by atoms with Crippen LogP contribution in [0.4, 0.5) is 24.7 Å². The standard InChI is InChI=1S/C31H27F3N6O4/c1-18-22(17-44-39-18)25(27(35)41)21(14-15-31(32,33)34)29(42)38-28-30(43)40(24-13-7-8-16-36-24)23-12-6-5-11-20(23)26(37-28)19-9-3-2-4-10-19/h2-13,16-17,21,25,28H,14-15H2,1H3,(H2,35,41)(H,38,42)/t21-,25-,28-/m1/s1. The molecule has 0 spiro atoms. The second-order valence-electron chi connectivity index (χ2n) is 10.1. The maximum absolute atomic E-state index is 14.2. The summed E-state index contributed by atoms with van der Waals surface area (Å²) < 4.78 is 45.1. The Bertz CT molecular complexity index is 1690. The molecule has 44 heavy (non-hydrogen) atoms. The van der Waals surface area contributed by atoms with Crippen LogP contribution in [0, 0.1) is 12.8 Å². The first-order valence-corrected chi connectivity index (χ1v) is 13.6. The van der Waals surface area contributed by atoms with E-state index in [2.05, 4.69) is 20.4 Å². The number of alkyl halides is 3. The largest absolute Gasteiger partial charge is 0.389 e. The summed E-state index contributed by atoms with van der Waals surface area (Å²) in [6.07, 6.45) is -5.87. The molecule has 3 heterocycles. The van der Waals surface area contributed by atoms with E-state index in [0.717, 1.165) is 6.26 Å². The van der Waals surface area contributed by atoms with Gasteiger partial charge in [-0.05, 0) is 31.5 Å². The molecule has 226 valence electrons. The molecule has 3 N–H and O–H groups in total. The maximum Gasteiger partial charge on any atom is 0.389 e. The van der Waals surface area contributed by atoms with Gasteiger partial charge >= 0.3 is 6.18 Å². The van der Waals surface area contributed by atoms with Crippen molar-refractivity contribution < 1.29 is 32.1 Å². The van der Waals surface area contributed by atoms with E-state index in [1.165, 1.54) is 18.0 Å². The highest BCUT2D eigenvalue weighted by Gasteiger charge is 2.42. The summed E-state index contributed by atoms with van der Waals surface area (Å²) in [5, 5.41) is 6.22. The summed E-state index contributed by atoms with van der Waals surface area (Å²) in [6.45, 7) is 1.47. The summed E-state index contributed by atoms with van der Waals surface area (Å²) in [6, 6.07) is 20.8. The smallest absolute Gasteiger partial charge is 0.369 e. The molecule has 2 aromatic carbocycles. The van der Waals surface area contributed by atoms with Gasteiger partial charge in [0.1, 0.15) is 12.1 Å². The summed E-state index contributed by atoms with van der Waals surface area (Å²) in [4.78, 5) is 51.0. The Morgan fingerprint density at radius 2 is 1.75 bits per heavy atom. The van der Waals surface area contributed by atoms with E-state index in [9.17, 15) is 27.6 Å². The summed E-state index contributed by atoms with van der Waals surface area (Å²) in [5.41, 5.74) is 7.85. The third-order valence-electron chi connectivity index (χ3n) is 7.22. The van der Waals surface area contributed by atoms with Crippen molar-refractivity contribution in [1.82, 2.24) is 15.5 Å². The second kappa shape index (κ2) is 12.5. The van der Waals surface area contributed by atoms with E-state index in [1.807, 2.05) is 0 Å². The van der Waals surface area contributed by atoms with Gasteiger partial charge in [-0.25, -0.2) is 9.98 Å². The predicted molar refractivity (Wildman–Crippen MR) is 154 cm³/mol. The lowest BCUT2D eigenvalue weighted by Gasteiger charge is -2.27. The van der Waals surface area contributed by atoms with E-state index in [-0.39, 0.29) is 17.1 Å². The first-order valence-electron chi connectivity index (χ1n) is 13.6. The fraction of sp³-hybridized carbons (Fsp3) is 0.226. The molecule has 3 amide bonds. The molecule has 0 bridgehead atoms. The quantitative estimate of drug-likeness (QED) is 0.287. The Labute approximate surface area is 249 Å². The average molecular weight is 605 g/mol. The van der Waals surface area contributed by atoms with Gasteiger partial charge in [0.05, 0.1) is 28.9 Å². The molecule has 0 saturated carbocycles. The Kier molecular flexibility index (Phi) is 8.56. The zero-order valence-corrected chi connectivity index (χ0v) is 23.4. The number of rotatable bonds is 9. The second-order valence-corrected chi connectivity index (χ2v) is 10.1. The molecular weight excluding hydrogens is 577 g/mol. The highest BCUT2D eigenvalue weighted by molar-refractivity contribution is 6.21. The van der Waals surface area contributed by atoms with Crippen LogP contribution >= 0.6 is 0 Å². The van der Waals surface area contributed by atoms with Crippen molar-refractivity contribution in [3.63, 3.8) is 0 Å². The number of aromatic nitrogens is 2. The van der Waals surface area contributed by atoms with Crippen LogP contribution in [0.1, 0.15) is 41.1 Å². The lowest BCUT2D eigenvalue weighted by atomic mass is 9.82. The van der Waals surface area contributed by atoms with Crippen LogP contribution in [0.25, 0.3) is 0 Å². The minimum absolute atomic E-state index is 0.0722. The minimum atomic E-state index is -4.64. The number of primary amides is 1. The normalized spacial score (nSPS) is 16.4. The topological polar surface area (TPSA) is 144 Å². The molecular formula is C31H27F3N6O4. The molecule has 1 aliphatic heterocycles. The molecule has 10 nitrogen and oxygen atoms in total. The van der Waals surface area contributed by atoms with Gasteiger partial charge in [-0.15, -0.1) is 0 Å². The highest BCUT2D eigenvalue weighted by atomic mass is 19.4. The van der Waals surface area contributed by atoms with Crippen LogP contribution < -0.4 is 16.0 Å². The van der Waals surface area contributed by atoms with Crippen molar-refractivity contribution in [2.75, 3.05) is 4.90 Å². The number of benzodiazepines with no additional fused rings is 1. The summed E-state index contributed by atoms with van der Waals surface area (Å²) in [7, 11) is 0. The number of amides is 3. The number of pyridine rings is 1. The number of aryl methyl sites for hydroxylation is 1. The van der Waals surface area contributed by atoms with E-state index < -0.39 is 54.7 Å². The Morgan fingerprint density at radius 3 is 2.39 bits per heavy atom. The van der Waals surface area contributed by atoms with Crippen molar-refractivity contribution >= 4 is 34.9 Å². The van der Waals surface area contributed by atoms with Crippen molar-refractivity contribution in [1.29, 1.82) is 0 Å². The lowest BCUT2D eigenvalue weighted by Crippen LogP contribution is -2.49. The van der Waals surface area contributed by atoms with Crippen molar-refractivity contribution in [3.05, 3.63) is 108 Å². The number of nitrogens with two attached hydrogens (primary N) is 1. The van der Waals surface area contributed by atoms with Crippen LogP contribution in [-0.4, -0.2) is 45.9 Å². The van der Waals surface area contributed by atoms with Gasteiger partial charge in [0, 0.05) is 29.3 Å². The van der Waals surface area contributed by atoms with Crippen molar-refractivity contribution in [2.24, 2.45) is 16.6 Å². The first kappa shape index (κ1) is 30.1. The van der Waals surface area contributed by atoms with Crippen LogP contribution in [0.5, 0.6) is 0 Å². The molecule has 0 radical (unpaired) electrons. The van der Waals surface area contributed by atoms with Gasteiger partial charge in [-0.1, -0.05) is 59.8 Å².